The van der Waals surface area contributed by atoms with Crippen LogP contribution in [0.5, 0.6) is 0 Å². The van der Waals surface area contributed by atoms with Gasteiger partial charge < -0.3 is 30.4 Å². The van der Waals surface area contributed by atoms with E-state index in [1.165, 1.54) is 10.9 Å². The highest BCUT2D eigenvalue weighted by Gasteiger charge is 2.55. The number of H-pyrrole nitrogens is 1. The molecule has 44 heavy (non-hydrogen) atoms. The average molecular weight is 677 g/mol. The van der Waals surface area contributed by atoms with Crippen molar-refractivity contribution in [3.63, 3.8) is 0 Å². The van der Waals surface area contributed by atoms with Crippen molar-refractivity contribution in [1.82, 2.24) is 39.0 Å². The first-order valence-corrected chi connectivity index (χ1v) is 16.4. The van der Waals surface area contributed by atoms with Crippen LogP contribution in [0.2, 0.25) is 0 Å². The topological polar surface area (TPSA) is 252 Å². The number of fused-ring (bicyclic) bond motifs is 5. The summed E-state index contributed by atoms with van der Waals surface area (Å²) >= 11 is 5.15. The zero-order valence-electron chi connectivity index (χ0n) is 21.8. The quantitative estimate of drug-likeness (QED) is 0.208. The number of halogens is 2. The zero-order chi connectivity index (χ0) is 30.9. The molecular weight excluding hydrogens is 656 g/mol. The van der Waals surface area contributed by atoms with Crippen LogP contribution >= 0.6 is 15.0 Å². The molecule has 0 aromatic carbocycles. The summed E-state index contributed by atoms with van der Waals surface area (Å²) in [7, 11) is -3.08. The highest BCUT2D eigenvalue weighted by Crippen LogP contribution is 2.52. The van der Waals surface area contributed by atoms with Gasteiger partial charge >= 0.3 is 15.0 Å². The fourth-order valence-electron chi connectivity index (χ4n) is 5.15. The van der Waals surface area contributed by atoms with Gasteiger partial charge in [0.05, 0.1) is 19.3 Å². The van der Waals surface area contributed by atoms with E-state index in [0.29, 0.717) is 0 Å². The van der Waals surface area contributed by atoms with Gasteiger partial charge in [-0.1, -0.05) is 0 Å². The van der Waals surface area contributed by atoms with Gasteiger partial charge in [-0.2, -0.15) is 4.98 Å². The van der Waals surface area contributed by atoms with Gasteiger partial charge in [0.1, 0.15) is 36.8 Å². The lowest BCUT2D eigenvalue weighted by Crippen LogP contribution is -2.33. The van der Waals surface area contributed by atoms with Crippen LogP contribution < -0.4 is 17.0 Å². The summed E-state index contributed by atoms with van der Waals surface area (Å²) in [6.07, 6.45) is -9.38. The second kappa shape index (κ2) is 11.0. The van der Waals surface area contributed by atoms with Gasteiger partial charge in [-0.25, -0.2) is 28.7 Å². The van der Waals surface area contributed by atoms with Gasteiger partial charge in [-0.05, 0) is 11.8 Å². The Labute approximate surface area is 249 Å². The van der Waals surface area contributed by atoms with Crippen LogP contribution in [0.25, 0.3) is 22.3 Å². The molecule has 2 bridgehead atoms. The largest absolute Gasteiger partial charge is 0.697 e. The lowest BCUT2D eigenvalue weighted by Gasteiger charge is -2.26. The van der Waals surface area contributed by atoms with E-state index in [0.717, 1.165) is 17.2 Å². The predicted molar refractivity (Wildman–Crippen MR) is 146 cm³/mol. The van der Waals surface area contributed by atoms with E-state index >= 15 is 8.78 Å². The lowest BCUT2D eigenvalue weighted by molar-refractivity contribution is -0.0580. The number of anilines is 2. The number of aromatic nitrogens is 8. The number of hydrogen-bond donors (Lipinski definition) is 4. The van der Waals surface area contributed by atoms with Gasteiger partial charge in [0.25, 0.3) is 5.56 Å². The molecule has 10 atom stereocenters. The third kappa shape index (κ3) is 5.06. The van der Waals surface area contributed by atoms with E-state index < -0.39 is 83.0 Å². The van der Waals surface area contributed by atoms with Gasteiger partial charge in [0.2, 0.25) is 5.95 Å². The summed E-state index contributed by atoms with van der Waals surface area (Å²) in [4.78, 5) is 45.5. The number of imidazole rings is 2. The van der Waals surface area contributed by atoms with Crippen LogP contribution in [0.3, 0.4) is 0 Å². The SMILES string of the molecule is Nc1nc2c(ncn2[C@@H]2O[C@@H]3CO[P+](=O)O[C@H]4[C@H](F)[C@H](n5cnc6c(N)ncnc65)O[C@@H]4COP(O)(=S)O[C@@H]2[C@H]3F)c(=O)[nH]1. The molecule has 7 heterocycles. The first-order valence-electron chi connectivity index (χ1n) is 12.7. The van der Waals surface area contributed by atoms with Crippen molar-refractivity contribution in [1.29, 1.82) is 0 Å². The standard InChI is InChI=1S/C20H20F2N10O9P2S/c21-8-6-1-36-42(34)40-12-7(39-18(9(12)22)31-4-27-10-14(23)25-3-26-15(10)31)2-37-43(35,44)41-13(8)19(38-6)32-5-28-11-16(32)29-20(24)30-17(11)33/h3-9,12-13,18-19H,1-2H2,(H5-,23,24,25,26,29,30,33,35,44)/p+1/t6-,7-,8+,9+,12-,13-,18-,19-,43?/m1/s1. The number of aromatic amines is 1. The normalized spacial score (nSPS) is 35.8. The molecule has 3 fully saturated rings. The Hall–Kier alpha value is -3.17. The maximum atomic E-state index is 15.8. The van der Waals surface area contributed by atoms with Crippen LogP contribution in [0.15, 0.2) is 23.8 Å². The number of hydrogen-bond acceptors (Lipinski definition) is 16. The molecule has 4 aromatic rings. The van der Waals surface area contributed by atoms with Crippen LogP contribution in [0.1, 0.15) is 12.5 Å². The Morgan fingerprint density at radius 1 is 1.00 bits per heavy atom. The molecule has 4 aromatic heterocycles. The van der Waals surface area contributed by atoms with Crippen LogP contribution in [-0.2, 0) is 43.9 Å². The molecule has 19 nitrogen and oxygen atoms in total. The first-order chi connectivity index (χ1) is 21.0. The Kier molecular flexibility index (Phi) is 7.40. The van der Waals surface area contributed by atoms with E-state index in [9.17, 15) is 14.3 Å². The molecule has 0 saturated carbocycles. The van der Waals surface area contributed by atoms with E-state index in [1.54, 1.807) is 0 Å². The second-order valence-corrected chi connectivity index (χ2v) is 13.5. The third-order valence-corrected chi connectivity index (χ3v) is 9.46. The molecule has 0 amide bonds. The molecular formula is C20H21F2N10O9P2S+. The monoisotopic (exact) mass is 677 g/mol. The van der Waals surface area contributed by atoms with Crippen molar-refractivity contribution in [3.05, 3.63) is 29.3 Å². The number of nitrogens with one attached hydrogen (secondary N) is 1. The Morgan fingerprint density at radius 2 is 1.73 bits per heavy atom. The Morgan fingerprint density at radius 3 is 2.52 bits per heavy atom. The van der Waals surface area contributed by atoms with Crippen molar-refractivity contribution in [2.45, 2.75) is 49.2 Å². The minimum atomic E-state index is -4.33. The van der Waals surface area contributed by atoms with Crippen LogP contribution in [0, 0.1) is 0 Å². The lowest BCUT2D eigenvalue weighted by atomic mass is 10.1. The predicted octanol–water partition coefficient (Wildman–Crippen LogP) is 0.286. The average Bonchev–Trinajstić information content (AvgIpc) is 3.72. The number of ether oxygens (including phenoxy) is 2. The molecule has 7 rings (SSSR count). The molecule has 3 saturated heterocycles. The molecule has 0 aliphatic carbocycles. The molecule has 24 heteroatoms. The summed E-state index contributed by atoms with van der Waals surface area (Å²) in [5.41, 5.74) is 10.9. The zero-order valence-corrected chi connectivity index (χ0v) is 24.4. The maximum absolute atomic E-state index is 15.8. The van der Waals surface area contributed by atoms with E-state index in [2.05, 4.69) is 29.9 Å². The Balaban J connectivity index is 1.18. The molecule has 2 unspecified atom stereocenters. The minimum Gasteiger partial charge on any atom is -0.382 e. The van der Waals surface area contributed by atoms with Crippen molar-refractivity contribution in [3.8, 4) is 0 Å². The molecule has 234 valence electrons. The van der Waals surface area contributed by atoms with Gasteiger partial charge in [-0.15, -0.1) is 9.05 Å². The van der Waals surface area contributed by atoms with Crippen molar-refractivity contribution >= 4 is 60.9 Å². The second-order valence-electron chi connectivity index (χ2n) is 9.80. The van der Waals surface area contributed by atoms with E-state index in [-0.39, 0.29) is 34.1 Å². The molecule has 0 radical (unpaired) electrons. The molecule has 0 spiro atoms. The summed E-state index contributed by atoms with van der Waals surface area (Å²) in [5, 5.41) is 0. The molecule has 3 aliphatic heterocycles. The van der Waals surface area contributed by atoms with Gasteiger partial charge in [0.15, 0.2) is 53.5 Å². The third-order valence-electron chi connectivity index (χ3n) is 7.13. The van der Waals surface area contributed by atoms with Gasteiger partial charge in [-0.3, -0.25) is 23.4 Å². The number of nitrogen functional groups attached to an aromatic ring is 2. The fraction of sp³-hybridized carbons (Fsp3) is 0.500. The summed E-state index contributed by atoms with van der Waals surface area (Å²) in [5.74, 6) is -0.201. The van der Waals surface area contributed by atoms with E-state index in [1.807, 2.05) is 0 Å². The number of nitrogens with two attached hydrogens (primary N) is 2. The maximum Gasteiger partial charge on any atom is 0.697 e. The van der Waals surface area contributed by atoms with E-state index in [4.69, 9.17) is 50.8 Å². The number of nitrogens with zero attached hydrogens (tertiary/aromatic N) is 7. The highest BCUT2D eigenvalue weighted by molar-refractivity contribution is 8.07. The van der Waals surface area contributed by atoms with Crippen molar-refractivity contribution in [2.75, 3.05) is 24.7 Å². The summed E-state index contributed by atoms with van der Waals surface area (Å²) < 4.78 is 80.0. The summed E-state index contributed by atoms with van der Waals surface area (Å²) in [6.45, 7) is -5.62. The smallest absolute Gasteiger partial charge is 0.382 e. The first kappa shape index (κ1) is 29.5. The fourth-order valence-corrected chi connectivity index (χ4v) is 7.33. The highest BCUT2D eigenvalue weighted by atomic mass is 32.5. The van der Waals surface area contributed by atoms with Crippen molar-refractivity contribution in [2.24, 2.45) is 0 Å². The summed E-state index contributed by atoms with van der Waals surface area (Å²) in [6, 6.07) is 0. The van der Waals surface area contributed by atoms with Crippen LogP contribution in [0.4, 0.5) is 20.5 Å². The molecule has 6 N–H and O–H groups in total. The number of rotatable bonds is 2. The van der Waals surface area contributed by atoms with Crippen LogP contribution in [-0.4, -0.2) is 93.9 Å². The van der Waals surface area contributed by atoms with Gasteiger partial charge in [0, 0.05) is 4.57 Å². The number of alkyl halides is 2. The Bertz CT molecular complexity index is 1880. The molecule has 3 aliphatic rings. The van der Waals surface area contributed by atoms with Crippen molar-refractivity contribution < 1.29 is 45.8 Å². The minimum absolute atomic E-state index is 0.0509.